The summed E-state index contributed by atoms with van der Waals surface area (Å²) in [6.45, 7) is 0. The van der Waals surface area contributed by atoms with Gasteiger partial charge in [-0.25, -0.2) is 0 Å². The van der Waals surface area contributed by atoms with Gasteiger partial charge in [0.15, 0.2) is 0 Å². The lowest BCUT2D eigenvalue weighted by Gasteiger charge is -2.33. The Labute approximate surface area is 130 Å². The number of amides is 3. The monoisotopic (exact) mass is 302 g/mol. The van der Waals surface area contributed by atoms with E-state index in [-0.39, 0.29) is 11.9 Å². The van der Waals surface area contributed by atoms with Gasteiger partial charge in [-0.05, 0) is 18.4 Å². The highest BCUT2D eigenvalue weighted by molar-refractivity contribution is 6.08. The maximum absolute atomic E-state index is 12.8. The van der Waals surface area contributed by atoms with Crippen molar-refractivity contribution in [2.75, 3.05) is 7.05 Å². The van der Waals surface area contributed by atoms with Crippen molar-refractivity contribution < 1.29 is 14.4 Å². The number of likely N-dealkylation sites (N-methyl/N-ethyl adjacent to an activating group) is 1. The maximum Gasteiger partial charge on any atom is 0.243 e. The summed E-state index contributed by atoms with van der Waals surface area (Å²) < 4.78 is 0. The molecule has 1 aliphatic rings. The van der Waals surface area contributed by atoms with Gasteiger partial charge in [0.1, 0.15) is 5.92 Å². The summed E-state index contributed by atoms with van der Waals surface area (Å²) >= 11 is 0. The molecule has 1 unspecified atom stereocenters. The van der Waals surface area contributed by atoms with Crippen LogP contribution >= 0.6 is 0 Å². The van der Waals surface area contributed by atoms with Crippen LogP contribution in [0.3, 0.4) is 0 Å². The molecule has 3 amide bonds. The molecule has 1 aromatic carbocycles. The summed E-state index contributed by atoms with van der Waals surface area (Å²) in [7, 11) is 1.75. The number of nitrogens with zero attached hydrogens (tertiary/aromatic N) is 1. The molecule has 0 heterocycles. The normalized spacial score (nSPS) is 16.6. The second kappa shape index (κ2) is 7.73. The zero-order chi connectivity index (χ0) is 15.9. The molecule has 118 valence electrons. The first-order valence-electron chi connectivity index (χ1n) is 7.70. The maximum atomic E-state index is 12.8. The predicted molar refractivity (Wildman–Crippen MR) is 83.0 cm³/mol. The van der Waals surface area contributed by atoms with Crippen LogP contribution in [0.1, 0.15) is 43.6 Å². The molecular weight excluding hydrogens is 280 g/mol. The van der Waals surface area contributed by atoms with Crippen LogP contribution in [0.5, 0.6) is 0 Å². The summed E-state index contributed by atoms with van der Waals surface area (Å²) in [6.07, 6.45) is 5.69. The molecule has 0 saturated heterocycles. The zero-order valence-electron chi connectivity index (χ0n) is 12.8. The van der Waals surface area contributed by atoms with Crippen molar-refractivity contribution in [3.8, 4) is 0 Å². The molecule has 1 N–H and O–H groups in total. The second-order valence-corrected chi connectivity index (χ2v) is 5.71. The standard InChI is InChI=1S/C17H22N2O3/c1-19(14-10-6-3-7-11-14)17(22)15(16(21)18-12-20)13-8-4-2-5-9-13/h2,4-5,8-9,12,14-15H,3,6-7,10-11H2,1H3,(H,18,20,21). The van der Waals surface area contributed by atoms with Crippen molar-refractivity contribution in [3.63, 3.8) is 0 Å². The molecule has 1 aromatic rings. The molecule has 0 radical (unpaired) electrons. The molecule has 0 aromatic heterocycles. The summed E-state index contributed by atoms with van der Waals surface area (Å²) in [5, 5.41) is 2.12. The Hall–Kier alpha value is -2.17. The van der Waals surface area contributed by atoms with Crippen molar-refractivity contribution in [2.24, 2.45) is 0 Å². The van der Waals surface area contributed by atoms with Crippen LogP contribution < -0.4 is 5.32 Å². The quantitative estimate of drug-likeness (QED) is 0.666. The minimum Gasteiger partial charge on any atom is -0.342 e. The fourth-order valence-corrected chi connectivity index (χ4v) is 3.04. The van der Waals surface area contributed by atoms with E-state index in [1.54, 1.807) is 36.2 Å². The van der Waals surface area contributed by atoms with E-state index >= 15 is 0 Å². The average Bonchev–Trinajstić information content (AvgIpc) is 2.56. The van der Waals surface area contributed by atoms with Crippen molar-refractivity contribution in [1.29, 1.82) is 0 Å². The van der Waals surface area contributed by atoms with Gasteiger partial charge in [0.05, 0.1) is 0 Å². The minimum absolute atomic E-state index is 0.177. The lowest BCUT2D eigenvalue weighted by molar-refractivity contribution is -0.139. The number of hydrogen-bond acceptors (Lipinski definition) is 3. The van der Waals surface area contributed by atoms with Gasteiger partial charge in [0.25, 0.3) is 0 Å². The third-order valence-corrected chi connectivity index (χ3v) is 4.31. The van der Waals surface area contributed by atoms with Gasteiger partial charge < -0.3 is 4.90 Å². The number of carbonyl (C=O) groups is 3. The Bertz CT molecular complexity index is 524. The van der Waals surface area contributed by atoms with Gasteiger partial charge in [-0.2, -0.15) is 0 Å². The number of nitrogens with one attached hydrogen (secondary N) is 1. The lowest BCUT2D eigenvalue weighted by atomic mass is 9.91. The van der Waals surface area contributed by atoms with E-state index in [0.717, 1.165) is 25.7 Å². The largest absolute Gasteiger partial charge is 0.342 e. The molecule has 1 aliphatic carbocycles. The molecule has 0 spiro atoms. The highest BCUT2D eigenvalue weighted by Gasteiger charge is 2.33. The number of imide groups is 1. The molecule has 22 heavy (non-hydrogen) atoms. The van der Waals surface area contributed by atoms with Crippen LogP contribution in [0.2, 0.25) is 0 Å². The van der Waals surface area contributed by atoms with Gasteiger partial charge in [-0.15, -0.1) is 0 Å². The van der Waals surface area contributed by atoms with E-state index in [2.05, 4.69) is 5.32 Å². The summed E-state index contributed by atoms with van der Waals surface area (Å²) in [5.74, 6) is -1.80. The Morgan fingerprint density at radius 1 is 1.18 bits per heavy atom. The Morgan fingerprint density at radius 2 is 1.82 bits per heavy atom. The van der Waals surface area contributed by atoms with Crippen molar-refractivity contribution in [1.82, 2.24) is 10.2 Å². The fourth-order valence-electron chi connectivity index (χ4n) is 3.04. The smallest absolute Gasteiger partial charge is 0.243 e. The van der Waals surface area contributed by atoms with E-state index in [1.165, 1.54) is 6.42 Å². The first-order valence-corrected chi connectivity index (χ1v) is 7.70. The topological polar surface area (TPSA) is 66.5 Å². The van der Waals surface area contributed by atoms with Gasteiger partial charge >= 0.3 is 0 Å². The van der Waals surface area contributed by atoms with Crippen molar-refractivity contribution in [2.45, 2.75) is 44.1 Å². The molecular formula is C17H22N2O3. The Morgan fingerprint density at radius 3 is 2.41 bits per heavy atom. The molecule has 1 fully saturated rings. The zero-order valence-corrected chi connectivity index (χ0v) is 12.8. The fraction of sp³-hybridized carbons (Fsp3) is 0.471. The second-order valence-electron chi connectivity index (χ2n) is 5.71. The van der Waals surface area contributed by atoms with Gasteiger partial charge in [0, 0.05) is 13.1 Å². The predicted octanol–water partition coefficient (Wildman–Crippen LogP) is 1.83. The average molecular weight is 302 g/mol. The van der Waals surface area contributed by atoms with E-state index in [4.69, 9.17) is 0 Å². The summed E-state index contributed by atoms with van der Waals surface area (Å²) in [4.78, 5) is 37.3. The Balaban J connectivity index is 2.21. The first-order chi connectivity index (χ1) is 10.6. The number of hydrogen-bond donors (Lipinski definition) is 1. The van der Waals surface area contributed by atoms with E-state index in [0.29, 0.717) is 12.0 Å². The van der Waals surface area contributed by atoms with Crippen molar-refractivity contribution in [3.05, 3.63) is 35.9 Å². The van der Waals surface area contributed by atoms with Crippen LogP contribution in [-0.4, -0.2) is 36.2 Å². The number of carbonyl (C=O) groups excluding carboxylic acids is 3. The Kier molecular flexibility index (Phi) is 5.69. The summed E-state index contributed by atoms with van der Waals surface area (Å²) in [5.41, 5.74) is 0.606. The third-order valence-electron chi connectivity index (χ3n) is 4.31. The molecule has 0 aliphatic heterocycles. The lowest BCUT2D eigenvalue weighted by Crippen LogP contribution is -2.45. The van der Waals surface area contributed by atoms with Crippen LogP contribution in [0, 0.1) is 0 Å². The first kappa shape index (κ1) is 16.2. The van der Waals surface area contributed by atoms with Crippen LogP contribution in [0.15, 0.2) is 30.3 Å². The van der Waals surface area contributed by atoms with Crippen LogP contribution in [-0.2, 0) is 14.4 Å². The van der Waals surface area contributed by atoms with E-state index in [9.17, 15) is 14.4 Å². The van der Waals surface area contributed by atoms with Crippen LogP contribution in [0.4, 0.5) is 0 Å². The molecule has 5 nitrogen and oxygen atoms in total. The molecule has 0 bridgehead atoms. The summed E-state index contributed by atoms with van der Waals surface area (Å²) in [6, 6.07) is 9.04. The van der Waals surface area contributed by atoms with Crippen LogP contribution in [0.25, 0.3) is 0 Å². The van der Waals surface area contributed by atoms with E-state index < -0.39 is 11.8 Å². The molecule has 5 heteroatoms. The highest BCUT2D eigenvalue weighted by atomic mass is 16.2. The number of benzene rings is 1. The van der Waals surface area contributed by atoms with Gasteiger partial charge in [-0.3, -0.25) is 19.7 Å². The number of rotatable bonds is 5. The SMILES string of the molecule is CN(C(=O)C(C(=O)NC=O)c1ccccc1)C1CCCCC1. The van der Waals surface area contributed by atoms with E-state index in [1.807, 2.05) is 6.07 Å². The third kappa shape index (κ3) is 3.72. The van der Waals surface area contributed by atoms with Gasteiger partial charge in [0.2, 0.25) is 18.2 Å². The van der Waals surface area contributed by atoms with Crippen molar-refractivity contribution >= 4 is 18.2 Å². The molecule has 1 atom stereocenters. The van der Waals surface area contributed by atoms with Gasteiger partial charge in [-0.1, -0.05) is 49.6 Å². The highest BCUT2D eigenvalue weighted by Crippen LogP contribution is 2.25. The molecule has 2 rings (SSSR count). The molecule has 1 saturated carbocycles. The minimum atomic E-state index is -0.974.